The summed E-state index contributed by atoms with van der Waals surface area (Å²) >= 11 is 0. The lowest BCUT2D eigenvalue weighted by Gasteiger charge is -2.18. The number of rotatable bonds is 58. The summed E-state index contributed by atoms with van der Waals surface area (Å²) < 4.78 is 16.9. The van der Waals surface area contributed by atoms with Gasteiger partial charge in [0.2, 0.25) is 0 Å². The second-order valence-corrected chi connectivity index (χ2v) is 21.3. The highest BCUT2D eigenvalue weighted by Gasteiger charge is 2.19. The summed E-state index contributed by atoms with van der Waals surface area (Å²) in [5, 5.41) is 0. The van der Waals surface area contributed by atoms with E-state index in [1.54, 1.807) is 0 Å². The molecule has 0 aromatic rings. The van der Waals surface area contributed by atoms with Gasteiger partial charge in [-0.25, -0.2) is 0 Å². The standard InChI is InChI=1S/C76H120O6/c1-4-7-10-13-16-19-22-25-28-30-32-34-35-36-37-38-39-40-41-43-44-46-48-51-54-57-60-63-66-69-75(78)81-72-73(71-80-74(77)68-65-62-59-56-53-50-27-24-21-18-15-12-9-6-3)82-76(79)70-67-64-61-58-55-52-49-47-45-42-33-31-29-26-23-20-17-14-11-8-5-2/h7,10,15-16,18-19,23-28,31-34,36-37,39-40,43-45,47-48,51,57,60,73H,4-6,8-9,11-14,17,20-22,29-30,35,38,41-42,46,49-50,52-56,58-59,61-72H2,1-3H3/b10-7-,18-15-,19-16-,26-23-,27-24-,28-25-,33-31-,34-32-,37-36-,40-39-,44-43-,47-45-,51-48-,60-57-. The first-order valence-corrected chi connectivity index (χ1v) is 33.1. The van der Waals surface area contributed by atoms with Crippen LogP contribution in [0.5, 0.6) is 0 Å². The molecule has 0 radical (unpaired) electrons. The van der Waals surface area contributed by atoms with Gasteiger partial charge in [-0.1, -0.05) is 274 Å². The van der Waals surface area contributed by atoms with Crippen molar-refractivity contribution < 1.29 is 28.6 Å². The van der Waals surface area contributed by atoms with Crippen molar-refractivity contribution in [3.63, 3.8) is 0 Å². The molecule has 0 aliphatic heterocycles. The maximum Gasteiger partial charge on any atom is 0.306 e. The Hall–Kier alpha value is -5.23. The van der Waals surface area contributed by atoms with Crippen LogP contribution in [-0.2, 0) is 28.6 Å². The molecule has 6 nitrogen and oxygen atoms in total. The molecule has 6 heteroatoms. The predicted molar refractivity (Wildman–Crippen MR) is 357 cm³/mol. The molecule has 0 spiro atoms. The van der Waals surface area contributed by atoms with Crippen molar-refractivity contribution in [2.75, 3.05) is 13.2 Å². The summed E-state index contributed by atoms with van der Waals surface area (Å²) in [7, 11) is 0. The maximum absolute atomic E-state index is 12.9. The van der Waals surface area contributed by atoms with Crippen LogP contribution in [0.4, 0.5) is 0 Å². The lowest BCUT2D eigenvalue weighted by Crippen LogP contribution is -2.30. The average Bonchev–Trinajstić information content (AvgIpc) is 3.47. The van der Waals surface area contributed by atoms with E-state index in [4.69, 9.17) is 14.2 Å². The third-order valence-corrected chi connectivity index (χ3v) is 13.4. The fourth-order valence-corrected chi connectivity index (χ4v) is 8.47. The topological polar surface area (TPSA) is 78.9 Å². The molecule has 0 rings (SSSR count). The molecule has 0 saturated heterocycles. The number of ether oxygens (including phenoxy) is 3. The van der Waals surface area contributed by atoms with Crippen LogP contribution in [0.15, 0.2) is 170 Å². The van der Waals surface area contributed by atoms with Gasteiger partial charge >= 0.3 is 17.9 Å². The number of esters is 3. The normalized spacial score (nSPS) is 13.3. The van der Waals surface area contributed by atoms with Crippen molar-refractivity contribution in [3.05, 3.63) is 170 Å². The molecule has 1 unspecified atom stereocenters. The Morgan fingerprint density at radius 3 is 0.829 bits per heavy atom. The fourth-order valence-electron chi connectivity index (χ4n) is 8.47. The Labute approximate surface area is 504 Å². The highest BCUT2D eigenvalue weighted by Crippen LogP contribution is 2.13. The van der Waals surface area contributed by atoms with E-state index >= 15 is 0 Å². The SMILES string of the molecule is CC/C=C\C/C=C\C/C=C\C/C=C\C/C=C\C/C=C\C/C=C\C/C=C\C/C=C\CCCC(=O)OCC(COC(=O)CCCCCCC/C=C\C/C=C\CCCC)OC(=O)CCCCCCCC/C=C\C/C=C\C/C=C\CCCCCCC. The number of carbonyl (C=O) groups excluding carboxylic acids is 3. The van der Waals surface area contributed by atoms with E-state index in [0.29, 0.717) is 19.3 Å². The van der Waals surface area contributed by atoms with Crippen LogP contribution in [0.25, 0.3) is 0 Å². The van der Waals surface area contributed by atoms with Gasteiger partial charge < -0.3 is 14.2 Å². The van der Waals surface area contributed by atoms with Crippen LogP contribution >= 0.6 is 0 Å². The fraction of sp³-hybridized carbons (Fsp3) is 0.592. The molecular formula is C76H120O6. The zero-order valence-electron chi connectivity index (χ0n) is 52.7. The quantitative estimate of drug-likeness (QED) is 0.0261. The van der Waals surface area contributed by atoms with E-state index in [1.165, 1.54) is 70.6 Å². The minimum absolute atomic E-state index is 0.116. The van der Waals surface area contributed by atoms with Gasteiger partial charge in [-0.15, -0.1) is 0 Å². The maximum atomic E-state index is 12.9. The zero-order valence-corrected chi connectivity index (χ0v) is 52.7. The Morgan fingerprint density at radius 2 is 0.500 bits per heavy atom. The molecule has 0 aromatic heterocycles. The number of unbranched alkanes of at least 4 members (excludes halogenated alkanes) is 19. The van der Waals surface area contributed by atoms with E-state index in [0.717, 1.165) is 154 Å². The third-order valence-electron chi connectivity index (χ3n) is 13.4. The van der Waals surface area contributed by atoms with E-state index < -0.39 is 6.10 Å². The second kappa shape index (κ2) is 68.3. The summed E-state index contributed by atoms with van der Waals surface area (Å²) in [6.07, 6.45) is 101. The summed E-state index contributed by atoms with van der Waals surface area (Å²) in [6, 6.07) is 0. The molecule has 1 atom stereocenters. The first kappa shape index (κ1) is 76.8. The molecule has 0 bridgehead atoms. The third kappa shape index (κ3) is 65.6. The van der Waals surface area contributed by atoms with Crippen molar-refractivity contribution in [2.45, 2.75) is 277 Å². The first-order valence-electron chi connectivity index (χ1n) is 33.1. The van der Waals surface area contributed by atoms with Gasteiger partial charge in [0.1, 0.15) is 13.2 Å². The Morgan fingerprint density at radius 1 is 0.256 bits per heavy atom. The molecule has 460 valence electrons. The zero-order chi connectivity index (χ0) is 59.2. The van der Waals surface area contributed by atoms with Crippen molar-refractivity contribution in [1.29, 1.82) is 0 Å². The van der Waals surface area contributed by atoms with E-state index in [2.05, 4.69) is 191 Å². The van der Waals surface area contributed by atoms with E-state index in [1.807, 2.05) is 0 Å². The molecule has 0 aliphatic rings. The van der Waals surface area contributed by atoms with Gasteiger partial charge in [0.15, 0.2) is 6.10 Å². The molecular weight excluding hydrogens is 1010 g/mol. The minimum Gasteiger partial charge on any atom is -0.462 e. The Balaban J connectivity index is 4.51. The summed E-state index contributed by atoms with van der Waals surface area (Å²) in [6.45, 7) is 6.40. The van der Waals surface area contributed by atoms with Crippen molar-refractivity contribution in [1.82, 2.24) is 0 Å². The molecule has 0 fully saturated rings. The highest BCUT2D eigenvalue weighted by molar-refractivity contribution is 5.71. The largest absolute Gasteiger partial charge is 0.462 e. The predicted octanol–water partition coefficient (Wildman–Crippen LogP) is 23.0. The molecule has 0 aromatic carbocycles. The number of hydrogen-bond donors (Lipinski definition) is 0. The minimum atomic E-state index is -0.825. The number of hydrogen-bond acceptors (Lipinski definition) is 6. The van der Waals surface area contributed by atoms with Gasteiger partial charge in [-0.2, -0.15) is 0 Å². The number of allylic oxidation sites excluding steroid dienone is 28. The van der Waals surface area contributed by atoms with Crippen molar-refractivity contribution in [2.24, 2.45) is 0 Å². The average molecular weight is 1130 g/mol. The Kier molecular flexibility index (Phi) is 63.9. The van der Waals surface area contributed by atoms with Crippen molar-refractivity contribution in [3.8, 4) is 0 Å². The van der Waals surface area contributed by atoms with E-state index in [-0.39, 0.29) is 37.5 Å². The highest BCUT2D eigenvalue weighted by atomic mass is 16.6. The summed E-state index contributed by atoms with van der Waals surface area (Å²) in [5.41, 5.74) is 0. The Bertz CT molecular complexity index is 1870. The van der Waals surface area contributed by atoms with Crippen LogP contribution in [0, 0.1) is 0 Å². The van der Waals surface area contributed by atoms with E-state index in [9.17, 15) is 14.4 Å². The molecule has 0 N–H and O–H groups in total. The smallest absolute Gasteiger partial charge is 0.306 e. The van der Waals surface area contributed by atoms with Crippen LogP contribution in [0.3, 0.4) is 0 Å². The molecule has 82 heavy (non-hydrogen) atoms. The molecule has 0 saturated carbocycles. The van der Waals surface area contributed by atoms with Crippen LogP contribution in [0.2, 0.25) is 0 Å². The lowest BCUT2D eigenvalue weighted by molar-refractivity contribution is -0.167. The van der Waals surface area contributed by atoms with Crippen LogP contribution in [0.1, 0.15) is 271 Å². The van der Waals surface area contributed by atoms with Crippen LogP contribution < -0.4 is 0 Å². The monoisotopic (exact) mass is 1130 g/mol. The molecule has 0 aliphatic carbocycles. The van der Waals surface area contributed by atoms with Gasteiger partial charge in [0, 0.05) is 19.3 Å². The second-order valence-electron chi connectivity index (χ2n) is 21.3. The molecule has 0 amide bonds. The van der Waals surface area contributed by atoms with Crippen molar-refractivity contribution >= 4 is 17.9 Å². The first-order chi connectivity index (χ1) is 40.5. The molecule has 0 heterocycles. The summed E-state index contributed by atoms with van der Waals surface area (Å²) in [4.78, 5) is 38.3. The lowest BCUT2D eigenvalue weighted by atomic mass is 10.1. The van der Waals surface area contributed by atoms with Gasteiger partial charge in [-0.05, 0) is 148 Å². The summed E-state index contributed by atoms with van der Waals surface area (Å²) in [5.74, 6) is -1.01. The number of carbonyl (C=O) groups is 3. The van der Waals surface area contributed by atoms with Gasteiger partial charge in [0.25, 0.3) is 0 Å². The van der Waals surface area contributed by atoms with Gasteiger partial charge in [-0.3, -0.25) is 14.4 Å². The van der Waals surface area contributed by atoms with Gasteiger partial charge in [0.05, 0.1) is 0 Å². The van der Waals surface area contributed by atoms with Crippen LogP contribution in [-0.4, -0.2) is 37.2 Å².